The Morgan fingerprint density at radius 3 is 2.61 bits per heavy atom. The van der Waals surface area contributed by atoms with E-state index in [9.17, 15) is 10.1 Å². The summed E-state index contributed by atoms with van der Waals surface area (Å²) in [5.74, 6) is 0. The largest absolute Gasteiger partial charge is 0.356 e. The van der Waals surface area contributed by atoms with E-state index in [1.54, 1.807) is 12.1 Å². The van der Waals surface area contributed by atoms with Crippen LogP contribution in [0, 0.1) is 10.1 Å². The molecule has 0 radical (unpaired) electrons. The fraction of sp³-hybridized carbons (Fsp3) is 0.333. The summed E-state index contributed by atoms with van der Waals surface area (Å²) < 4.78 is 6.39. The van der Waals surface area contributed by atoms with E-state index in [0.717, 1.165) is 29.7 Å². The van der Waals surface area contributed by atoms with E-state index in [0.29, 0.717) is 0 Å². The number of nitro groups is 1. The SMILES string of the molecule is CCC1(CC)OC(c2cccc([N+](=O)[O-])c2)Nc2ccccc21. The molecule has 23 heavy (non-hydrogen) atoms. The van der Waals surface area contributed by atoms with Crippen LogP contribution in [0.2, 0.25) is 0 Å². The molecule has 1 aliphatic heterocycles. The van der Waals surface area contributed by atoms with Gasteiger partial charge in [0.05, 0.1) is 10.5 Å². The second kappa shape index (κ2) is 6.01. The summed E-state index contributed by atoms with van der Waals surface area (Å²) in [5.41, 5.74) is 2.63. The smallest absolute Gasteiger partial charge is 0.269 e. The van der Waals surface area contributed by atoms with E-state index in [-0.39, 0.29) is 16.2 Å². The van der Waals surface area contributed by atoms with Crippen molar-refractivity contribution in [2.24, 2.45) is 0 Å². The van der Waals surface area contributed by atoms with Crippen LogP contribution in [0.3, 0.4) is 0 Å². The zero-order valence-electron chi connectivity index (χ0n) is 13.3. The van der Waals surface area contributed by atoms with Crippen LogP contribution < -0.4 is 5.32 Å². The van der Waals surface area contributed by atoms with Crippen molar-refractivity contribution in [3.05, 3.63) is 69.8 Å². The summed E-state index contributed by atoms with van der Waals surface area (Å²) in [7, 11) is 0. The maximum atomic E-state index is 11.0. The van der Waals surface area contributed by atoms with Crippen LogP contribution >= 0.6 is 0 Å². The van der Waals surface area contributed by atoms with Crippen LogP contribution in [-0.4, -0.2) is 4.92 Å². The van der Waals surface area contributed by atoms with Gasteiger partial charge in [-0.25, -0.2) is 0 Å². The molecule has 0 saturated heterocycles. The Hall–Kier alpha value is -2.40. The number of nitrogens with zero attached hydrogens (tertiary/aromatic N) is 1. The topological polar surface area (TPSA) is 64.4 Å². The maximum Gasteiger partial charge on any atom is 0.269 e. The molecule has 0 fully saturated rings. The average Bonchev–Trinajstić information content (AvgIpc) is 2.60. The lowest BCUT2D eigenvalue weighted by molar-refractivity contribution is -0.385. The van der Waals surface area contributed by atoms with Crippen LogP contribution in [0.25, 0.3) is 0 Å². The van der Waals surface area contributed by atoms with E-state index in [4.69, 9.17) is 4.74 Å². The first-order valence-corrected chi connectivity index (χ1v) is 7.88. The molecule has 5 heteroatoms. The third kappa shape index (κ3) is 2.68. The highest BCUT2D eigenvalue weighted by molar-refractivity contribution is 5.57. The van der Waals surface area contributed by atoms with Gasteiger partial charge in [-0.3, -0.25) is 10.1 Å². The maximum absolute atomic E-state index is 11.0. The number of hydrogen-bond donors (Lipinski definition) is 1. The van der Waals surface area contributed by atoms with Gasteiger partial charge in [-0.1, -0.05) is 44.2 Å². The fourth-order valence-electron chi connectivity index (χ4n) is 3.22. The van der Waals surface area contributed by atoms with E-state index in [2.05, 4.69) is 25.2 Å². The van der Waals surface area contributed by atoms with Gasteiger partial charge in [-0.2, -0.15) is 0 Å². The minimum Gasteiger partial charge on any atom is -0.356 e. The van der Waals surface area contributed by atoms with Gasteiger partial charge < -0.3 is 10.1 Å². The van der Waals surface area contributed by atoms with Crippen LogP contribution in [0.1, 0.15) is 44.0 Å². The Bertz CT molecular complexity index is 726. The van der Waals surface area contributed by atoms with Gasteiger partial charge in [-0.05, 0) is 18.9 Å². The van der Waals surface area contributed by atoms with Gasteiger partial charge >= 0.3 is 0 Å². The van der Waals surface area contributed by atoms with Crippen molar-refractivity contribution in [1.29, 1.82) is 0 Å². The van der Waals surface area contributed by atoms with Crippen molar-refractivity contribution >= 4 is 11.4 Å². The molecule has 1 heterocycles. The van der Waals surface area contributed by atoms with Gasteiger partial charge in [0.15, 0.2) is 6.23 Å². The summed E-state index contributed by atoms with van der Waals surface area (Å²) in [5, 5.41) is 14.4. The van der Waals surface area contributed by atoms with Crippen LogP contribution in [-0.2, 0) is 10.3 Å². The predicted octanol–water partition coefficient (Wildman–Crippen LogP) is 4.75. The lowest BCUT2D eigenvalue weighted by Crippen LogP contribution is -2.37. The van der Waals surface area contributed by atoms with Crippen LogP contribution in [0.15, 0.2) is 48.5 Å². The molecule has 120 valence electrons. The van der Waals surface area contributed by atoms with Gasteiger partial charge in [0.25, 0.3) is 5.69 Å². The second-order valence-electron chi connectivity index (χ2n) is 5.74. The number of fused-ring (bicyclic) bond motifs is 1. The molecule has 0 saturated carbocycles. The molecule has 0 amide bonds. The second-order valence-corrected chi connectivity index (χ2v) is 5.74. The minimum absolute atomic E-state index is 0.0744. The fourth-order valence-corrected chi connectivity index (χ4v) is 3.22. The molecule has 2 aromatic rings. The van der Waals surface area contributed by atoms with Crippen molar-refractivity contribution in [3.8, 4) is 0 Å². The predicted molar refractivity (Wildman–Crippen MR) is 89.2 cm³/mol. The first kappa shape index (κ1) is 15.5. The molecular formula is C18H20N2O3. The van der Waals surface area contributed by atoms with E-state index < -0.39 is 6.23 Å². The van der Waals surface area contributed by atoms with Gasteiger partial charge in [0.1, 0.15) is 0 Å². The van der Waals surface area contributed by atoms with Gasteiger partial charge in [0.2, 0.25) is 0 Å². The highest BCUT2D eigenvalue weighted by Gasteiger charge is 2.39. The quantitative estimate of drug-likeness (QED) is 0.653. The zero-order valence-corrected chi connectivity index (χ0v) is 13.3. The number of benzene rings is 2. The molecular weight excluding hydrogens is 292 g/mol. The first-order valence-electron chi connectivity index (χ1n) is 7.88. The number of nitrogens with one attached hydrogen (secondary N) is 1. The Morgan fingerprint density at radius 2 is 1.91 bits per heavy atom. The molecule has 1 atom stereocenters. The molecule has 0 bridgehead atoms. The molecule has 5 nitrogen and oxygen atoms in total. The summed E-state index contributed by atoms with van der Waals surface area (Å²) in [6.45, 7) is 4.21. The molecule has 1 aliphatic rings. The zero-order chi connectivity index (χ0) is 16.4. The summed E-state index contributed by atoms with van der Waals surface area (Å²) in [6, 6.07) is 14.7. The van der Waals surface area contributed by atoms with E-state index in [1.807, 2.05) is 24.3 Å². The van der Waals surface area contributed by atoms with Crippen molar-refractivity contribution in [2.75, 3.05) is 5.32 Å². The highest BCUT2D eigenvalue weighted by atomic mass is 16.6. The van der Waals surface area contributed by atoms with Crippen LogP contribution in [0.5, 0.6) is 0 Å². The summed E-state index contributed by atoms with van der Waals surface area (Å²) in [4.78, 5) is 10.6. The number of anilines is 1. The molecule has 3 rings (SSSR count). The average molecular weight is 312 g/mol. The number of hydrogen-bond acceptors (Lipinski definition) is 4. The first-order chi connectivity index (χ1) is 11.1. The van der Waals surface area contributed by atoms with Crippen molar-refractivity contribution < 1.29 is 9.66 Å². The molecule has 1 N–H and O–H groups in total. The third-order valence-electron chi connectivity index (χ3n) is 4.57. The standard InChI is InChI=1S/C18H20N2O3/c1-3-18(4-2)15-10-5-6-11-16(15)19-17(23-18)13-8-7-9-14(12-13)20(21)22/h5-12,17,19H,3-4H2,1-2H3. The number of nitro benzene ring substituents is 1. The highest BCUT2D eigenvalue weighted by Crippen LogP contribution is 2.46. The number of non-ortho nitro benzene ring substituents is 1. The van der Waals surface area contributed by atoms with E-state index in [1.165, 1.54) is 6.07 Å². The number of para-hydroxylation sites is 1. The van der Waals surface area contributed by atoms with Crippen molar-refractivity contribution in [1.82, 2.24) is 0 Å². The summed E-state index contributed by atoms with van der Waals surface area (Å²) in [6.07, 6.45) is 1.28. The molecule has 2 aromatic carbocycles. The Morgan fingerprint density at radius 1 is 1.17 bits per heavy atom. The Labute approximate surface area is 135 Å². The lowest BCUT2D eigenvalue weighted by atomic mass is 9.85. The number of ether oxygens (including phenoxy) is 1. The normalized spacial score (nSPS) is 18.8. The van der Waals surface area contributed by atoms with Crippen molar-refractivity contribution in [3.63, 3.8) is 0 Å². The molecule has 0 spiro atoms. The molecule has 0 aliphatic carbocycles. The minimum atomic E-state index is -0.398. The Balaban J connectivity index is 2.04. The monoisotopic (exact) mass is 312 g/mol. The third-order valence-corrected chi connectivity index (χ3v) is 4.57. The van der Waals surface area contributed by atoms with Gasteiger partial charge in [-0.15, -0.1) is 0 Å². The van der Waals surface area contributed by atoms with Gasteiger partial charge in [0, 0.05) is 28.9 Å². The molecule has 0 aromatic heterocycles. The lowest BCUT2D eigenvalue weighted by Gasteiger charge is -2.42. The molecule has 1 unspecified atom stereocenters. The number of rotatable bonds is 4. The Kier molecular flexibility index (Phi) is 4.05. The van der Waals surface area contributed by atoms with Crippen molar-refractivity contribution in [2.45, 2.75) is 38.5 Å². The summed E-state index contributed by atoms with van der Waals surface area (Å²) >= 11 is 0. The van der Waals surface area contributed by atoms with E-state index >= 15 is 0 Å². The van der Waals surface area contributed by atoms with Crippen LogP contribution in [0.4, 0.5) is 11.4 Å².